The van der Waals surface area contributed by atoms with Gasteiger partial charge in [-0.1, -0.05) is 5.21 Å². The first-order valence-corrected chi connectivity index (χ1v) is 5.74. The third kappa shape index (κ3) is 3.11. The van der Waals surface area contributed by atoms with Crippen LogP contribution in [0.4, 0.5) is 13.2 Å². The van der Waals surface area contributed by atoms with E-state index in [0.29, 0.717) is 12.1 Å². The minimum atomic E-state index is -4.32. The van der Waals surface area contributed by atoms with E-state index in [1.54, 1.807) is 6.20 Å². The van der Waals surface area contributed by atoms with E-state index in [0.717, 1.165) is 24.4 Å². The van der Waals surface area contributed by atoms with Crippen LogP contribution in [0, 0.1) is 0 Å². The number of hydrogen-bond acceptors (Lipinski definition) is 3. The lowest BCUT2D eigenvalue weighted by molar-refractivity contribution is -0.137. The van der Waals surface area contributed by atoms with Gasteiger partial charge in [-0.25, -0.2) is 4.68 Å². The van der Waals surface area contributed by atoms with Crippen molar-refractivity contribution in [3.63, 3.8) is 0 Å². The molecule has 0 aliphatic rings. The zero-order valence-electron chi connectivity index (χ0n) is 10.3. The summed E-state index contributed by atoms with van der Waals surface area (Å²) in [7, 11) is 1.83. The predicted octanol–water partition coefficient (Wildman–Crippen LogP) is 2.05. The van der Waals surface area contributed by atoms with E-state index in [2.05, 4.69) is 15.6 Å². The van der Waals surface area contributed by atoms with Crippen molar-refractivity contribution in [3.8, 4) is 5.69 Å². The molecule has 0 amide bonds. The number of likely N-dealkylation sites (N-methyl/N-ethyl adjacent to an activating group) is 1. The lowest BCUT2D eigenvalue weighted by Gasteiger charge is -2.09. The van der Waals surface area contributed by atoms with Gasteiger partial charge in [-0.2, -0.15) is 13.2 Å². The van der Waals surface area contributed by atoms with Crippen LogP contribution in [-0.2, 0) is 12.6 Å². The summed E-state index contributed by atoms with van der Waals surface area (Å²) in [6.45, 7) is 0.744. The molecule has 0 atom stereocenters. The van der Waals surface area contributed by atoms with Gasteiger partial charge < -0.3 is 5.32 Å². The van der Waals surface area contributed by atoms with Crippen molar-refractivity contribution < 1.29 is 13.2 Å². The van der Waals surface area contributed by atoms with Gasteiger partial charge in [-0.3, -0.25) is 0 Å². The van der Waals surface area contributed by atoms with Crippen molar-refractivity contribution in [3.05, 3.63) is 41.7 Å². The van der Waals surface area contributed by atoms with Gasteiger partial charge >= 0.3 is 6.18 Å². The minimum absolute atomic E-state index is 0.566. The van der Waals surface area contributed by atoms with Gasteiger partial charge in [0.2, 0.25) is 0 Å². The molecule has 0 aliphatic carbocycles. The summed E-state index contributed by atoms with van der Waals surface area (Å²) in [5, 5.41) is 10.7. The first-order valence-electron chi connectivity index (χ1n) is 5.74. The molecule has 0 aliphatic heterocycles. The maximum Gasteiger partial charge on any atom is 0.416 e. The molecule has 1 aromatic heterocycles. The normalized spacial score (nSPS) is 11.8. The van der Waals surface area contributed by atoms with Crippen molar-refractivity contribution >= 4 is 0 Å². The van der Waals surface area contributed by atoms with Crippen LogP contribution in [0.1, 0.15) is 11.3 Å². The Morgan fingerprint density at radius 2 is 1.89 bits per heavy atom. The smallest absolute Gasteiger partial charge is 0.319 e. The standard InChI is InChI=1S/C12H13F3N4/c1-16-7-6-11-8-17-18-19(11)10-4-2-9(3-5-10)12(13,14)15/h2-5,8,16H,6-7H2,1H3. The molecule has 4 nitrogen and oxygen atoms in total. The van der Waals surface area contributed by atoms with Gasteiger partial charge in [0.15, 0.2) is 0 Å². The van der Waals surface area contributed by atoms with Crippen LogP contribution in [-0.4, -0.2) is 28.6 Å². The average Bonchev–Trinajstić information content (AvgIpc) is 2.83. The summed E-state index contributed by atoms with van der Waals surface area (Å²) < 4.78 is 38.9. The zero-order valence-corrected chi connectivity index (χ0v) is 10.3. The molecule has 7 heteroatoms. The van der Waals surface area contributed by atoms with Gasteiger partial charge in [0.1, 0.15) is 0 Å². The molecule has 1 aromatic carbocycles. The molecule has 0 bridgehead atoms. The van der Waals surface area contributed by atoms with Gasteiger partial charge in [0.05, 0.1) is 23.1 Å². The van der Waals surface area contributed by atoms with Crippen LogP contribution in [0.25, 0.3) is 5.69 Å². The number of hydrogen-bond donors (Lipinski definition) is 1. The lowest BCUT2D eigenvalue weighted by atomic mass is 10.2. The first-order chi connectivity index (χ1) is 9.02. The summed E-state index contributed by atoms with van der Waals surface area (Å²) in [6, 6.07) is 4.86. The Morgan fingerprint density at radius 3 is 2.47 bits per heavy atom. The van der Waals surface area contributed by atoms with Gasteiger partial charge in [-0.15, -0.1) is 5.10 Å². The Kier molecular flexibility index (Phi) is 3.84. The predicted molar refractivity (Wildman–Crippen MR) is 64.0 cm³/mol. The number of halogens is 3. The molecule has 0 fully saturated rings. The van der Waals surface area contributed by atoms with E-state index in [-0.39, 0.29) is 0 Å². The van der Waals surface area contributed by atoms with Crippen LogP contribution in [0.2, 0.25) is 0 Å². The SMILES string of the molecule is CNCCc1cnnn1-c1ccc(C(F)(F)F)cc1. The van der Waals surface area contributed by atoms with Crippen LogP contribution in [0.5, 0.6) is 0 Å². The van der Waals surface area contributed by atoms with Crippen LogP contribution in [0.3, 0.4) is 0 Å². The Balaban J connectivity index is 2.25. The molecule has 1 heterocycles. The highest BCUT2D eigenvalue weighted by Crippen LogP contribution is 2.29. The Labute approximate surface area is 108 Å². The average molecular weight is 270 g/mol. The van der Waals surface area contributed by atoms with Crippen molar-refractivity contribution in [1.82, 2.24) is 20.3 Å². The van der Waals surface area contributed by atoms with Crippen LogP contribution in [0.15, 0.2) is 30.5 Å². The second-order valence-electron chi connectivity index (χ2n) is 4.04. The molecule has 2 aromatic rings. The highest BCUT2D eigenvalue weighted by atomic mass is 19.4. The van der Waals surface area contributed by atoms with Crippen LogP contribution < -0.4 is 5.32 Å². The number of rotatable bonds is 4. The van der Waals surface area contributed by atoms with Crippen molar-refractivity contribution in [2.45, 2.75) is 12.6 Å². The first kappa shape index (κ1) is 13.5. The van der Waals surface area contributed by atoms with Gasteiger partial charge in [0, 0.05) is 13.0 Å². The van der Waals surface area contributed by atoms with Crippen molar-refractivity contribution in [1.29, 1.82) is 0 Å². The fourth-order valence-electron chi connectivity index (χ4n) is 1.69. The third-order valence-corrected chi connectivity index (χ3v) is 2.69. The summed E-state index contributed by atoms with van der Waals surface area (Å²) in [6.07, 6.45) is -2.02. The molecule has 102 valence electrons. The number of nitrogens with one attached hydrogen (secondary N) is 1. The molecular weight excluding hydrogens is 257 g/mol. The molecule has 0 saturated heterocycles. The maximum atomic E-state index is 12.5. The summed E-state index contributed by atoms with van der Waals surface area (Å²) in [5.41, 5.74) is 0.735. The second-order valence-corrected chi connectivity index (χ2v) is 4.04. The number of nitrogens with zero attached hydrogens (tertiary/aromatic N) is 3. The summed E-state index contributed by atoms with van der Waals surface area (Å²) in [5.74, 6) is 0. The second kappa shape index (κ2) is 5.40. The molecule has 2 rings (SSSR count). The number of aromatic nitrogens is 3. The summed E-state index contributed by atoms with van der Waals surface area (Å²) >= 11 is 0. The van der Waals surface area contributed by atoms with E-state index < -0.39 is 11.7 Å². The highest BCUT2D eigenvalue weighted by molar-refractivity contribution is 5.35. The zero-order chi connectivity index (χ0) is 13.9. The topological polar surface area (TPSA) is 42.7 Å². The Hall–Kier alpha value is -1.89. The third-order valence-electron chi connectivity index (χ3n) is 2.69. The molecule has 0 spiro atoms. The molecule has 0 unspecified atom stereocenters. The van der Waals surface area contributed by atoms with Crippen molar-refractivity contribution in [2.24, 2.45) is 0 Å². The molecule has 1 N–H and O–H groups in total. The molecular formula is C12H13F3N4. The van der Waals surface area contributed by atoms with Gasteiger partial charge in [-0.05, 0) is 31.3 Å². The monoisotopic (exact) mass is 270 g/mol. The van der Waals surface area contributed by atoms with E-state index in [1.807, 2.05) is 7.05 Å². The highest BCUT2D eigenvalue weighted by Gasteiger charge is 2.30. The van der Waals surface area contributed by atoms with Crippen LogP contribution >= 0.6 is 0 Å². The molecule has 0 radical (unpaired) electrons. The molecule has 19 heavy (non-hydrogen) atoms. The lowest BCUT2D eigenvalue weighted by Crippen LogP contribution is -2.13. The minimum Gasteiger partial charge on any atom is -0.319 e. The van der Waals surface area contributed by atoms with Crippen molar-refractivity contribution in [2.75, 3.05) is 13.6 Å². The maximum absolute atomic E-state index is 12.5. The summed E-state index contributed by atoms with van der Waals surface area (Å²) in [4.78, 5) is 0. The van der Waals surface area contributed by atoms with Gasteiger partial charge in [0.25, 0.3) is 0 Å². The number of alkyl halides is 3. The Morgan fingerprint density at radius 1 is 1.21 bits per heavy atom. The largest absolute Gasteiger partial charge is 0.416 e. The fraction of sp³-hybridized carbons (Fsp3) is 0.333. The Bertz CT molecular complexity index is 531. The van der Waals surface area contributed by atoms with E-state index in [4.69, 9.17) is 0 Å². The van der Waals surface area contributed by atoms with E-state index >= 15 is 0 Å². The van der Waals surface area contributed by atoms with E-state index in [1.165, 1.54) is 16.8 Å². The molecule has 0 saturated carbocycles. The number of benzene rings is 1. The van der Waals surface area contributed by atoms with E-state index in [9.17, 15) is 13.2 Å². The fourth-order valence-corrected chi connectivity index (χ4v) is 1.69. The quantitative estimate of drug-likeness (QED) is 0.924.